The third-order valence-electron chi connectivity index (χ3n) is 6.46. The van der Waals surface area contributed by atoms with E-state index in [1.807, 2.05) is 51.1 Å². The van der Waals surface area contributed by atoms with E-state index in [0.717, 1.165) is 25.1 Å². The summed E-state index contributed by atoms with van der Waals surface area (Å²) in [4.78, 5) is 28.5. The summed E-state index contributed by atoms with van der Waals surface area (Å²) < 4.78 is 11.2. The van der Waals surface area contributed by atoms with Gasteiger partial charge in [-0.15, -0.1) is 0 Å². The first kappa shape index (κ1) is 26.0. The normalized spacial score (nSPS) is 17.1. The van der Waals surface area contributed by atoms with Crippen LogP contribution in [0.25, 0.3) is 0 Å². The molecule has 2 N–H and O–H groups in total. The van der Waals surface area contributed by atoms with Gasteiger partial charge in [0.25, 0.3) is 5.91 Å². The maximum atomic E-state index is 12.4. The number of aliphatic hydroxyl groups excluding tert-OH is 1. The maximum Gasteiger partial charge on any atom is 0.410 e. The van der Waals surface area contributed by atoms with Crippen LogP contribution in [-0.4, -0.2) is 77.9 Å². The Kier molecular flexibility index (Phi) is 8.16. The van der Waals surface area contributed by atoms with Crippen molar-refractivity contribution in [2.75, 3.05) is 39.3 Å². The van der Waals surface area contributed by atoms with Crippen molar-refractivity contribution >= 4 is 12.0 Å². The van der Waals surface area contributed by atoms with Gasteiger partial charge in [0.1, 0.15) is 11.4 Å². The molecule has 36 heavy (non-hydrogen) atoms. The Labute approximate surface area is 213 Å². The fourth-order valence-corrected chi connectivity index (χ4v) is 4.60. The predicted molar refractivity (Wildman–Crippen MR) is 137 cm³/mol. The first-order chi connectivity index (χ1) is 17.2. The molecule has 4 rings (SSSR count). The van der Waals surface area contributed by atoms with E-state index in [1.165, 1.54) is 11.1 Å². The third kappa shape index (κ3) is 6.98. The summed E-state index contributed by atoms with van der Waals surface area (Å²) in [6.07, 6.45) is 0.00289. The number of carbonyl (C=O) groups excluding carboxylic acids is 2. The SMILES string of the molecule is CC(C)(C)OC(=O)N1CC(c2ccccc2OCC(=O)NCC(O)CN2CCc3ccccc3C2)C1. The van der Waals surface area contributed by atoms with Gasteiger partial charge in [0, 0.05) is 50.7 Å². The van der Waals surface area contributed by atoms with Gasteiger partial charge in [0.05, 0.1) is 6.10 Å². The molecule has 0 aliphatic carbocycles. The van der Waals surface area contributed by atoms with Crippen LogP contribution in [0, 0.1) is 0 Å². The van der Waals surface area contributed by atoms with Crippen LogP contribution >= 0.6 is 0 Å². The van der Waals surface area contributed by atoms with Gasteiger partial charge in [0.2, 0.25) is 0 Å². The number of likely N-dealkylation sites (tertiary alicyclic amines) is 1. The van der Waals surface area contributed by atoms with Crippen molar-refractivity contribution in [2.45, 2.75) is 51.4 Å². The Morgan fingerprint density at radius 1 is 1.08 bits per heavy atom. The second-order valence-electron chi connectivity index (χ2n) is 10.6. The minimum Gasteiger partial charge on any atom is -0.483 e. The number of fused-ring (bicyclic) bond motifs is 1. The molecular weight excluding hydrogens is 458 g/mol. The predicted octanol–water partition coefficient (Wildman–Crippen LogP) is 2.94. The van der Waals surface area contributed by atoms with E-state index < -0.39 is 11.7 Å². The molecule has 2 heterocycles. The van der Waals surface area contributed by atoms with Crippen LogP contribution in [0.1, 0.15) is 43.4 Å². The largest absolute Gasteiger partial charge is 0.483 e. The second-order valence-corrected chi connectivity index (χ2v) is 10.6. The van der Waals surface area contributed by atoms with Crippen molar-refractivity contribution in [2.24, 2.45) is 0 Å². The number of hydrogen-bond donors (Lipinski definition) is 2. The van der Waals surface area contributed by atoms with Gasteiger partial charge in [-0.2, -0.15) is 0 Å². The molecule has 1 unspecified atom stereocenters. The summed E-state index contributed by atoms with van der Waals surface area (Å²) in [5.74, 6) is 0.485. The molecule has 1 fully saturated rings. The fraction of sp³-hybridized carbons (Fsp3) is 0.500. The van der Waals surface area contributed by atoms with Crippen LogP contribution in [0.4, 0.5) is 4.79 Å². The number of nitrogens with one attached hydrogen (secondary N) is 1. The van der Waals surface area contributed by atoms with Crippen molar-refractivity contribution in [1.82, 2.24) is 15.1 Å². The zero-order chi connectivity index (χ0) is 25.7. The van der Waals surface area contributed by atoms with Crippen LogP contribution in [0.3, 0.4) is 0 Å². The summed E-state index contributed by atoms with van der Waals surface area (Å²) in [7, 11) is 0. The molecule has 2 amide bonds. The number of ether oxygens (including phenoxy) is 2. The van der Waals surface area contributed by atoms with Gasteiger partial charge in [-0.3, -0.25) is 9.69 Å². The van der Waals surface area contributed by atoms with Gasteiger partial charge in [-0.25, -0.2) is 4.79 Å². The number of hydrogen-bond acceptors (Lipinski definition) is 6. The quantitative estimate of drug-likeness (QED) is 0.585. The molecule has 0 aromatic heterocycles. The number of carbonyl (C=O) groups is 2. The molecule has 0 radical (unpaired) electrons. The number of benzene rings is 2. The van der Waals surface area contributed by atoms with E-state index in [4.69, 9.17) is 9.47 Å². The zero-order valence-corrected chi connectivity index (χ0v) is 21.4. The van der Waals surface area contributed by atoms with Crippen molar-refractivity contribution in [3.63, 3.8) is 0 Å². The second kappa shape index (κ2) is 11.3. The first-order valence-electron chi connectivity index (χ1n) is 12.6. The van der Waals surface area contributed by atoms with Gasteiger partial charge in [-0.1, -0.05) is 42.5 Å². The highest BCUT2D eigenvalue weighted by molar-refractivity contribution is 5.77. The standard InChI is InChI=1S/C28H37N3O5/c1-28(2,3)36-27(34)31-16-22(17-31)24-10-6-7-11-25(24)35-19-26(33)29-14-23(32)18-30-13-12-20-8-4-5-9-21(20)15-30/h4-11,22-23,32H,12-19H2,1-3H3,(H,29,33). The summed E-state index contributed by atoms with van der Waals surface area (Å²) >= 11 is 0. The lowest BCUT2D eigenvalue weighted by Gasteiger charge is -2.40. The summed E-state index contributed by atoms with van der Waals surface area (Å²) in [5.41, 5.74) is 3.11. The molecule has 194 valence electrons. The minimum absolute atomic E-state index is 0.133. The minimum atomic E-state index is -0.652. The van der Waals surface area contributed by atoms with Crippen LogP contribution in [0.2, 0.25) is 0 Å². The van der Waals surface area contributed by atoms with Crippen molar-refractivity contribution < 1.29 is 24.2 Å². The molecule has 0 spiro atoms. The number of rotatable bonds is 8. The molecule has 2 aromatic rings. The lowest BCUT2D eigenvalue weighted by molar-refractivity contribution is -0.123. The third-order valence-corrected chi connectivity index (χ3v) is 6.46. The van der Waals surface area contributed by atoms with E-state index in [1.54, 1.807) is 4.90 Å². The molecule has 2 aliphatic heterocycles. The molecule has 1 saturated heterocycles. The topological polar surface area (TPSA) is 91.3 Å². The highest BCUT2D eigenvalue weighted by Gasteiger charge is 2.35. The lowest BCUT2D eigenvalue weighted by atomic mass is 9.91. The molecule has 2 aliphatic rings. The monoisotopic (exact) mass is 495 g/mol. The summed E-state index contributed by atoms with van der Waals surface area (Å²) in [6.45, 7) is 8.91. The highest BCUT2D eigenvalue weighted by Crippen LogP contribution is 2.34. The Balaban J connectivity index is 1.19. The lowest BCUT2D eigenvalue weighted by Crippen LogP contribution is -2.50. The molecule has 0 saturated carbocycles. The van der Waals surface area contributed by atoms with Crippen molar-refractivity contribution in [3.8, 4) is 5.75 Å². The molecule has 0 bridgehead atoms. The molecular formula is C28H37N3O5. The van der Waals surface area contributed by atoms with Gasteiger partial charge < -0.3 is 24.8 Å². The van der Waals surface area contributed by atoms with E-state index >= 15 is 0 Å². The fourth-order valence-electron chi connectivity index (χ4n) is 4.60. The average molecular weight is 496 g/mol. The first-order valence-corrected chi connectivity index (χ1v) is 12.6. The van der Waals surface area contributed by atoms with Crippen molar-refractivity contribution in [1.29, 1.82) is 0 Å². The number of para-hydroxylation sites is 1. The van der Waals surface area contributed by atoms with Crippen molar-refractivity contribution in [3.05, 3.63) is 65.2 Å². The van der Waals surface area contributed by atoms with E-state index in [0.29, 0.717) is 25.4 Å². The Morgan fingerprint density at radius 3 is 2.53 bits per heavy atom. The average Bonchev–Trinajstić information content (AvgIpc) is 2.80. The molecule has 1 atom stereocenters. The Bertz CT molecular complexity index is 1060. The number of aliphatic hydroxyl groups is 1. The number of amides is 2. The molecule has 8 heteroatoms. The Morgan fingerprint density at radius 2 is 1.78 bits per heavy atom. The van der Waals surface area contributed by atoms with E-state index in [2.05, 4.69) is 28.4 Å². The number of nitrogens with zero attached hydrogens (tertiary/aromatic N) is 2. The van der Waals surface area contributed by atoms with Gasteiger partial charge in [0.15, 0.2) is 6.61 Å². The Hall–Kier alpha value is -3.10. The smallest absolute Gasteiger partial charge is 0.410 e. The molecule has 8 nitrogen and oxygen atoms in total. The van der Waals surface area contributed by atoms with Crippen LogP contribution in [-0.2, 0) is 22.5 Å². The zero-order valence-electron chi connectivity index (χ0n) is 21.4. The van der Waals surface area contributed by atoms with Crippen LogP contribution < -0.4 is 10.1 Å². The van der Waals surface area contributed by atoms with E-state index in [-0.39, 0.29) is 31.1 Å². The molecule has 2 aromatic carbocycles. The van der Waals surface area contributed by atoms with Crippen LogP contribution in [0.15, 0.2) is 48.5 Å². The highest BCUT2D eigenvalue weighted by atomic mass is 16.6. The van der Waals surface area contributed by atoms with Gasteiger partial charge in [-0.05, 0) is 44.4 Å². The van der Waals surface area contributed by atoms with E-state index in [9.17, 15) is 14.7 Å². The summed E-state index contributed by atoms with van der Waals surface area (Å²) in [5, 5.41) is 13.2. The number of β-amino-alcohol motifs (C(OH)–C–C–N with tert-alkyl or cyclic N) is 1. The maximum absolute atomic E-state index is 12.4. The van der Waals surface area contributed by atoms with Gasteiger partial charge >= 0.3 is 6.09 Å². The van der Waals surface area contributed by atoms with Crippen LogP contribution in [0.5, 0.6) is 5.75 Å². The summed E-state index contributed by atoms with van der Waals surface area (Å²) in [6, 6.07) is 16.0.